The molecular weight excluding hydrogens is 275 g/mol. The summed E-state index contributed by atoms with van der Waals surface area (Å²) in [7, 11) is 0. The van der Waals surface area contributed by atoms with Crippen LogP contribution in [0, 0.1) is 0 Å². The second-order valence-electron chi connectivity index (χ2n) is 4.51. The molecule has 0 aromatic carbocycles. The smallest absolute Gasteiger partial charge is 0.422 e. The van der Waals surface area contributed by atoms with Gasteiger partial charge in [0.25, 0.3) is 0 Å². The normalized spacial score (nSPS) is 14.5. The Morgan fingerprint density at radius 2 is 2.10 bits per heavy atom. The van der Waals surface area contributed by atoms with Crippen LogP contribution in [0.5, 0.6) is 5.88 Å². The highest BCUT2D eigenvalue weighted by atomic mass is 19.4. The second-order valence-corrected chi connectivity index (χ2v) is 4.51. The molecule has 1 unspecified atom stereocenters. The first kappa shape index (κ1) is 16.2. The summed E-state index contributed by atoms with van der Waals surface area (Å²) in [5.41, 5.74) is 5.06. The van der Waals surface area contributed by atoms with Crippen molar-refractivity contribution in [2.75, 3.05) is 11.9 Å². The predicted molar refractivity (Wildman–Crippen MR) is 67.3 cm³/mol. The van der Waals surface area contributed by atoms with Gasteiger partial charge < -0.3 is 15.8 Å². The van der Waals surface area contributed by atoms with E-state index in [1.807, 2.05) is 0 Å². The number of anilines is 1. The van der Waals surface area contributed by atoms with Crippen molar-refractivity contribution >= 4 is 11.6 Å². The molecule has 1 rings (SSSR count). The van der Waals surface area contributed by atoms with Gasteiger partial charge in [-0.25, -0.2) is 4.98 Å². The lowest BCUT2D eigenvalue weighted by Gasteiger charge is -2.21. The first-order chi connectivity index (χ1) is 9.14. The van der Waals surface area contributed by atoms with E-state index in [-0.39, 0.29) is 5.88 Å². The molecule has 1 aromatic rings. The Hall–Kier alpha value is -1.83. The maximum absolute atomic E-state index is 11.9. The zero-order valence-electron chi connectivity index (χ0n) is 11.1. The van der Waals surface area contributed by atoms with Crippen LogP contribution in [0.25, 0.3) is 0 Å². The minimum Gasteiger partial charge on any atom is -0.468 e. The highest BCUT2D eigenvalue weighted by Crippen LogP contribution is 2.18. The van der Waals surface area contributed by atoms with Crippen molar-refractivity contribution in [3.8, 4) is 5.88 Å². The molecule has 0 aliphatic heterocycles. The van der Waals surface area contributed by atoms with Crippen molar-refractivity contribution in [1.82, 2.24) is 4.98 Å². The van der Waals surface area contributed by atoms with Crippen molar-refractivity contribution in [1.29, 1.82) is 0 Å². The number of rotatable bonds is 5. The van der Waals surface area contributed by atoms with E-state index < -0.39 is 24.2 Å². The Balaban J connectivity index is 2.61. The standard InChI is InChI=1S/C12H16F3N3O2/c1-3-11(2,16)10(19)18-8-4-5-9(17-6-8)20-7-12(13,14)15/h4-6H,3,7,16H2,1-2H3,(H,18,19). The molecule has 0 spiro atoms. The SMILES string of the molecule is CCC(C)(N)C(=O)Nc1ccc(OCC(F)(F)F)nc1. The summed E-state index contributed by atoms with van der Waals surface area (Å²) < 4.78 is 40.3. The van der Waals surface area contributed by atoms with Gasteiger partial charge in [0.2, 0.25) is 11.8 Å². The minimum atomic E-state index is -4.42. The molecule has 0 fully saturated rings. The lowest BCUT2D eigenvalue weighted by Crippen LogP contribution is -2.47. The molecule has 0 aliphatic rings. The van der Waals surface area contributed by atoms with E-state index in [0.29, 0.717) is 12.1 Å². The molecule has 112 valence electrons. The predicted octanol–water partition coefficient (Wildman–Crippen LogP) is 2.09. The van der Waals surface area contributed by atoms with Gasteiger partial charge in [-0.05, 0) is 19.4 Å². The van der Waals surface area contributed by atoms with Gasteiger partial charge in [-0.3, -0.25) is 4.79 Å². The number of nitrogens with zero attached hydrogens (tertiary/aromatic N) is 1. The van der Waals surface area contributed by atoms with Crippen LogP contribution in [0.1, 0.15) is 20.3 Å². The van der Waals surface area contributed by atoms with E-state index in [4.69, 9.17) is 5.73 Å². The van der Waals surface area contributed by atoms with E-state index >= 15 is 0 Å². The maximum atomic E-state index is 11.9. The summed E-state index contributed by atoms with van der Waals surface area (Å²) in [4.78, 5) is 15.4. The highest BCUT2D eigenvalue weighted by molar-refractivity contribution is 5.97. The molecule has 0 aliphatic carbocycles. The minimum absolute atomic E-state index is 0.175. The highest BCUT2D eigenvalue weighted by Gasteiger charge is 2.29. The summed E-state index contributed by atoms with van der Waals surface area (Å²) in [6, 6.07) is 2.63. The number of alkyl halides is 3. The molecule has 8 heteroatoms. The molecule has 1 heterocycles. The first-order valence-corrected chi connectivity index (χ1v) is 5.90. The van der Waals surface area contributed by atoms with Crippen molar-refractivity contribution < 1.29 is 22.7 Å². The summed E-state index contributed by atoms with van der Waals surface area (Å²) in [6.45, 7) is 1.94. The van der Waals surface area contributed by atoms with Crippen LogP contribution in [0.15, 0.2) is 18.3 Å². The molecule has 1 amide bonds. The average Bonchev–Trinajstić information content (AvgIpc) is 2.37. The van der Waals surface area contributed by atoms with Crippen LogP contribution in [0.2, 0.25) is 0 Å². The molecule has 0 radical (unpaired) electrons. The van der Waals surface area contributed by atoms with Crippen LogP contribution in [0.4, 0.5) is 18.9 Å². The third-order valence-corrected chi connectivity index (χ3v) is 2.63. The fraction of sp³-hybridized carbons (Fsp3) is 0.500. The average molecular weight is 291 g/mol. The third-order valence-electron chi connectivity index (χ3n) is 2.63. The first-order valence-electron chi connectivity index (χ1n) is 5.90. The molecule has 3 N–H and O–H groups in total. The van der Waals surface area contributed by atoms with Crippen LogP contribution >= 0.6 is 0 Å². The number of hydrogen-bond donors (Lipinski definition) is 2. The number of aromatic nitrogens is 1. The van der Waals surface area contributed by atoms with Crippen molar-refractivity contribution in [3.63, 3.8) is 0 Å². The fourth-order valence-corrected chi connectivity index (χ4v) is 1.13. The van der Waals surface area contributed by atoms with Gasteiger partial charge in [0, 0.05) is 6.07 Å². The van der Waals surface area contributed by atoms with E-state index in [2.05, 4.69) is 15.0 Å². The van der Waals surface area contributed by atoms with E-state index in [1.54, 1.807) is 13.8 Å². The second kappa shape index (κ2) is 6.08. The van der Waals surface area contributed by atoms with Crippen LogP contribution in [-0.2, 0) is 4.79 Å². The molecule has 5 nitrogen and oxygen atoms in total. The van der Waals surface area contributed by atoms with Gasteiger partial charge in [0.1, 0.15) is 0 Å². The van der Waals surface area contributed by atoms with Crippen LogP contribution < -0.4 is 15.8 Å². The Bertz CT molecular complexity index is 458. The van der Waals surface area contributed by atoms with Gasteiger partial charge in [-0.1, -0.05) is 6.92 Å². The summed E-state index contributed by atoms with van der Waals surface area (Å²) in [5.74, 6) is -0.572. The molecular formula is C12H16F3N3O2. The van der Waals surface area contributed by atoms with Gasteiger partial charge in [-0.15, -0.1) is 0 Å². The van der Waals surface area contributed by atoms with Gasteiger partial charge in [0.05, 0.1) is 17.4 Å². The van der Waals surface area contributed by atoms with E-state index in [0.717, 1.165) is 0 Å². The van der Waals surface area contributed by atoms with Crippen molar-refractivity contribution in [2.24, 2.45) is 5.73 Å². The lowest BCUT2D eigenvalue weighted by atomic mass is 9.99. The molecule has 1 aromatic heterocycles. The fourth-order valence-electron chi connectivity index (χ4n) is 1.13. The number of pyridine rings is 1. The van der Waals surface area contributed by atoms with Gasteiger partial charge >= 0.3 is 6.18 Å². The summed E-state index contributed by atoms with van der Waals surface area (Å²) in [6.07, 6.45) is -2.77. The Morgan fingerprint density at radius 3 is 2.55 bits per heavy atom. The maximum Gasteiger partial charge on any atom is 0.422 e. The van der Waals surface area contributed by atoms with Gasteiger partial charge in [-0.2, -0.15) is 13.2 Å². The summed E-state index contributed by atoms with van der Waals surface area (Å²) in [5, 5.41) is 2.53. The largest absolute Gasteiger partial charge is 0.468 e. The van der Waals surface area contributed by atoms with Gasteiger partial charge in [0.15, 0.2) is 6.61 Å². The third kappa shape index (κ3) is 5.04. The lowest BCUT2D eigenvalue weighted by molar-refractivity contribution is -0.154. The number of carbonyl (C=O) groups excluding carboxylic acids is 1. The Labute approximate surface area is 114 Å². The molecule has 20 heavy (non-hydrogen) atoms. The number of nitrogens with one attached hydrogen (secondary N) is 1. The molecule has 0 saturated carbocycles. The number of halogens is 3. The number of ether oxygens (including phenoxy) is 1. The van der Waals surface area contributed by atoms with Crippen molar-refractivity contribution in [3.05, 3.63) is 18.3 Å². The zero-order chi connectivity index (χ0) is 15.4. The number of amides is 1. The quantitative estimate of drug-likeness (QED) is 0.871. The van der Waals surface area contributed by atoms with E-state index in [1.165, 1.54) is 18.3 Å². The number of nitrogens with two attached hydrogens (primary N) is 1. The topological polar surface area (TPSA) is 77.2 Å². The summed E-state index contributed by atoms with van der Waals surface area (Å²) >= 11 is 0. The van der Waals surface area contributed by atoms with Crippen LogP contribution in [-0.4, -0.2) is 29.2 Å². The zero-order valence-corrected chi connectivity index (χ0v) is 11.1. The monoisotopic (exact) mass is 291 g/mol. The molecule has 0 bridgehead atoms. The van der Waals surface area contributed by atoms with Crippen molar-refractivity contribution in [2.45, 2.75) is 32.0 Å². The molecule has 0 saturated heterocycles. The van der Waals surface area contributed by atoms with Crippen LogP contribution in [0.3, 0.4) is 0 Å². The Kier molecular flexibility index (Phi) is 4.93. The Morgan fingerprint density at radius 1 is 1.45 bits per heavy atom. The van der Waals surface area contributed by atoms with E-state index in [9.17, 15) is 18.0 Å². The number of carbonyl (C=O) groups is 1. The number of hydrogen-bond acceptors (Lipinski definition) is 4. The molecule has 1 atom stereocenters.